The van der Waals surface area contributed by atoms with Gasteiger partial charge in [-0.25, -0.2) is 24.2 Å². The van der Waals surface area contributed by atoms with Crippen LogP contribution in [0.4, 0.5) is 5.82 Å². The number of pyridine rings is 2. The van der Waals surface area contributed by atoms with Gasteiger partial charge in [-0.2, -0.15) is 5.10 Å². The summed E-state index contributed by atoms with van der Waals surface area (Å²) >= 11 is 0. The van der Waals surface area contributed by atoms with Crippen LogP contribution in [0, 0.1) is 0 Å². The van der Waals surface area contributed by atoms with Gasteiger partial charge in [-0.05, 0) is 54.4 Å². The second-order valence-electron chi connectivity index (χ2n) is 11.1. The first-order valence-corrected chi connectivity index (χ1v) is 14.6. The Morgan fingerprint density at radius 3 is 2.84 bits per heavy atom. The monoisotopic (exact) mass is 576 g/mol. The molecule has 11 heteroatoms. The van der Waals surface area contributed by atoms with E-state index in [4.69, 9.17) is 20.4 Å². The number of amides is 1. The number of aromatic nitrogens is 6. The van der Waals surface area contributed by atoms with Gasteiger partial charge >= 0.3 is 0 Å². The van der Waals surface area contributed by atoms with Crippen molar-refractivity contribution in [3.05, 3.63) is 78.2 Å². The average molecular weight is 577 g/mol. The number of anilines is 1. The molecule has 0 bridgehead atoms. The molecular formula is C32H34N9O2+. The summed E-state index contributed by atoms with van der Waals surface area (Å²) in [7, 11) is 1.80. The fourth-order valence-electron chi connectivity index (χ4n) is 6.62. The average Bonchev–Trinajstić information content (AvgIpc) is 3.84. The van der Waals surface area contributed by atoms with Crippen molar-refractivity contribution < 1.29 is 14.1 Å². The molecule has 4 aromatic heterocycles. The first-order chi connectivity index (χ1) is 21.1. The maximum atomic E-state index is 11.3. The highest BCUT2D eigenvalue weighted by Gasteiger charge is 2.43. The SMILES string of the molecule is CC=[N+](C1CCc2cc(-n3c(-c4cccnc4N)nc4ccc(-n5cccn5)nc43)ccc21)C1CCOC1CN(C)C=O. The highest BCUT2D eigenvalue weighted by molar-refractivity contribution is 5.83. The van der Waals surface area contributed by atoms with Crippen LogP contribution in [0.15, 0.2) is 67.1 Å². The lowest BCUT2D eigenvalue weighted by atomic mass is 10.0. The van der Waals surface area contributed by atoms with Gasteiger partial charge in [0.25, 0.3) is 0 Å². The first kappa shape index (κ1) is 27.0. The van der Waals surface area contributed by atoms with E-state index in [0.717, 1.165) is 48.1 Å². The standard InChI is InChI=1S/C32H34N9O2/c1-3-39(27-13-17-43-28(27)19-38(2)20-42)26-11-7-21-18-22(8-9-23(21)26)41-31(24-6-4-14-34-30(24)33)36-25-10-12-29(37-32(25)41)40-16-5-15-35-40/h3-6,8-10,12,14-16,18,20,26-28H,7,11,13,17,19H2,1-2H3,(H2,33,34)/q+1. The van der Waals surface area contributed by atoms with Crippen molar-refractivity contribution in [1.29, 1.82) is 0 Å². The molecule has 11 nitrogen and oxygen atoms in total. The molecule has 5 heterocycles. The molecule has 0 saturated carbocycles. The van der Waals surface area contributed by atoms with E-state index in [1.165, 1.54) is 11.1 Å². The second-order valence-corrected chi connectivity index (χ2v) is 11.1. The Kier molecular flexibility index (Phi) is 6.94. The predicted molar refractivity (Wildman–Crippen MR) is 164 cm³/mol. The Hall–Kier alpha value is -4.90. The Morgan fingerprint density at radius 1 is 1.14 bits per heavy atom. The van der Waals surface area contributed by atoms with Crippen molar-refractivity contribution in [3.63, 3.8) is 0 Å². The minimum atomic E-state index is -0.0189. The molecule has 0 radical (unpaired) electrons. The van der Waals surface area contributed by atoms with Gasteiger partial charge in [0, 0.05) is 56.7 Å². The van der Waals surface area contributed by atoms with E-state index in [1.54, 1.807) is 29.0 Å². The van der Waals surface area contributed by atoms with Crippen LogP contribution in [0.25, 0.3) is 34.1 Å². The van der Waals surface area contributed by atoms with Crippen molar-refractivity contribution in [2.75, 3.05) is 25.9 Å². The molecule has 43 heavy (non-hydrogen) atoms. The minimum absolute atomic E-state index is 0.0189. The highest BCUT2D eigenvalue weighted by atomic mass is 16.5. The first-order valence-electron chi connectivity index (χ1n) is 14.6. The number of rotatable bonds is 8. The van der Waals surface area contributed by atoms with Gasteiger partial charge in [0.15, 0.2) is 29.4 Å². The topological polar surface area (TPSA) is 120 Å². The van der Waals surface area contributed by atoms with Crippen molar-refractivity contribution in [2.24, 2.45) is 0 Å². The molecule has 1 fully saturated rings. The Labute approximate surface area is 249 Å². The van der Waals surface area contributed by atoms with Gasteiger partial charge in [0.05, 0.1) is 18.7 Å². The molecule has 7 rings (SSSR count). The largest absolute Gasteiger partial charge is 0.383 e. The Bertz CT molecular complexity index is 1830. The molecule has 2 aliphatic rings. The molecule has 218 valence electrons. The van der Waals surface area contributed by atoms with Crippen molar-refractivity contribution in [1.82, 2.24) is 34.2 Å². The lowest BCUT2D eigenvalue weighted by molar-refractivity contribution is -0.607. The summed E-state index contributed by atoms with van der Waals surface area (Å²) in [5.74, 6) is 1.80. The zero-order valence-corrected chi connectivity index (χ0v) is 24.2. The third-order valence-corrected chi connectivity index (χ3v) is 8.60. The summed E-state index contributed by atoms with van der Waals surface area (Å²) in [6, 6.07) is 16.7. The third-order valence-electron chi connectivity index (χ3n) is 8.60. The molecule has 1 aliphatic carbocycles. The number of nitrogen functional groups attached to an aromatic ring is 1. The minimum Gasteiger partial charge on any atom is -0.383 e. The second kappa shape index (κ2) is 11.1. The number of hydrogen-bond donors (Lipinski definition) is 1. The van der Waals surface area contributed by atoms with Crippen molar-refractivity contribution >= 4 is 29.6 Å². The fourth-order valence-corrected chi connectivity index (χ4v) is 6.62. The number of carbonyl (C=O) groups is 1. The van der Waals surface area contributed by atoms with Crippen molar-refractivity contribution in [3.8, 4) is 22.9 Å². The van der Waals surface area contributed by atoms with Crippen LogP contribution in [0.1, 0.15) is 36.9 Å². The smallest absolute Gasteiger partial charge is 0.209 e. The van der Waals surface area contributed by atoms with Gasteiger partial charge < -0.3 is 15.4 Å². The molecule has 0 spiro atoms. The molecule has 5 aromatic rings. The molecule has 2 N–H and O–H groups in total. The van der Waals surface area contributed by atoms with E-state index >= 15 is 0 Å². The molecule has 3 atom stereocenters. The number of aryl methyl sites for hydroxylation is 1. The van der Waals surface area contributed by atoms with Gasteiger partial charge in [0.1, 0.15) is 23.7 Å². The maximum Gasteiger partial charge on any atom is 0.209 e. The highest BCUT2D eigenvalue weighted by Crippen LogP contribution is 2.39. The summed E-state index contributed by atoms with van der Waals surface area (Å²) in [6.45, 7) is 3.38. The number of ether oxygens (including phenoxy) is 1. The van der Waals surface area contributed by atoms with E-state index in [2.05, 4.69) is 50.6 Å². The van der Waals surface area contributed by atoms with Crippen LogP contribution in [0.2, 0.25) is 0 Å². The maximum absolute atomic E-state index is 11.3. The van der Waals surface area contributed by atoms with E-state index in [-0.39, 0.29) is 18.2 Å². The summed E-state index contributed by atoms with van der Waals surface area (Å²) in [5, 5.41) is 4.37. The van der Waals surface area contributed by atoms with Crippen LogP contribution in [-0.2, 0) is 16.0 Å². The number of nitrogens with zero attached hydrogens (tertiary/aromatic N) is 8. The summed E-state index contributed by atoms with van der Waals surface area (Å²) in [6.07, 6.45) is 11.2. The van der Waals surface area contributed by atoms with Gasteiger partial charge in [0.2, 0.25) is 6.41 Å². The normalized spacial score (nSPS) is 20.0. The molecule has 1 amide bonds. The Morgan fingerprint density at radius 2 is 2.05 bits per heavy atom. The van der Waals surface area contributed by atoms with Gasteiger partial charge in [-0.15, -0.1) is 0 Å². The van der Waals surface area contributed by atoms with Crippen LogP contribution in [0.3, 0.4) is 0 Å². The molecule has 1 aromatic carbocycles. The van der Waals surface area contributed by atoms with Crippen LogP contribution in [-0.4, -0.2) is 83.7 Å². The third kappa shape index (κ3) is 4.75. The summed E-state index contributed by atoms with van der Waals surface area (Å²) in [5.41, 5.74) is 12.2. The molecule has 3 unspecified atom stereocenters. The Balaban J connectivity index is 1.30. The van der Waals surface area contributed by atoms with E-state index in [1.807, 2.05) is 36.5 Å². The molecule has 1 saturated heterocycles. The lowest BCUT2D eigenvalue weighted by Gasteiger charge is -2.24. The van der Waals surface area contributed by atoms with E-state index < -0.39 is 0 Å². The number of imidazole rings is 1. The van der Waals surface area contributed by atoms with Crippen molar-refractivity contribution in [2.45, 2.75) is 44.4 Å². The van der Waals surface area contributed by atoms with Crippen LogP contribution >= 0.6 is 0 Å². The predicted octanol–water partition coefficient (Wildman–Crippen LogP) is 3.59. The van der Waals surface area contributed by atoms with Crippen LogP contribution < -0.4 is 5.73 Å². The number of likely N-dealkylation sites (N-methyl/N-ethyl adjacent to an activating group) is 1. The number of fused-ring (bicyclic) bond motifs is 2. The summed E-state index contributed by atoms with van der Waals surface area (Å²) < 4.78 is 12.3. The molecule has 1 aliphatic heterocycles. The number of carbonyl (C=O) groups excluding carboxylic acids is 1. The zero-order chi connectivity index (χ0) is 29.5. The fraction of sp³-hybridized carbons (Fsp3) is 0.312. The van der Waals surface area contributed by atoms with Crippen LogP contribution in [0.5, 0.6) is 0 Å². The lowest BCUT2D eigenvalue weighted by Crippen LogP contribution is -2.42. The van der Waals surface area contributed by atoms with E-state index in [9.17, 15) is 4.79 Å². The van der Waals surface area contributed by atoms with E-state index in [0.29, 0.717) is 30.6 Å². The quantitative estimate of drug-likeness (QED) is 0.170. The molecular weight excluding hydrogens is 542 g/mol. The van der Waals surface area contributed by atoms with Gasteiger partial charge in [-0.3, -0.25) is 9.36 Å². The van der Waals surface area contributed by atoms with Gasteiger partial charge in [-0.1, -0.05) is 6.07 Å². The number of hydrogen-bond acceptors (Lipinski definition) is 7. The number of nitrogens with two attached hydrogens (primary N) is 1. The number of benzene rings is 1. The summed E-state index contributed by atoms with van der Waals surface area (Å²) in [4.78, 5) is 27.3. The zero-order valence-electron chi connectivity index (χ0n) is 24.2.